The van der Waals surface area contributed by atoms with Gasteiger partial charge in [0.1, 0.15) is 5.82 Å². The Morgan fingerprint density at radius 1 is 1.36 bits per heavy atom. The van der Waals surface area contributed by atoms with Gasteiger partial charge in [-0.05, 0) is 0 Å². The number of nitrogens with one attached hydrogen (secondary N) is 2. The van der Waals surface area contributed by atoms with Crippen LogP contribution in [0.5, 0.6) is 0 Å². The molecule has 2 rings (SSSR count). The van der Waals surface area contributed by atoms with E-state index in [9.17, 15) is 0 Å². The quantitative estimate of drug-likeness (QED) is 0.470. The van der Waals surface area contributed by atoms with Gasteiger partial charge in [-0.15, -0.1) is 0 Å². The molecule has 0 saturated heterocycles. The summed E-state index contributed by atoms with van der Waals surface area (Å²) in [6, 6.07) is 0. The summed E-state index contributed by atoms with van der Waals surface area (Å²) in [4.78, 5) is 14.0. The van der Waals surface area contributed by atoms with Crippen LogP contribution in [0.15, 0.2) is 24.9 Å². The molecule has 0 atom stereocenters. The standard InChI is InChI=1S/C8H12N6/c9-14(4-7-3-10-6-13-7)5-8-11-1-2-12-8/h1-3,6H,4-5,9H2,(H,10,13)(H,11,12). The molecule has 2 aromatic heterocycles. The predicted molar refractivity (Wildman–Crippen MR) is 50.6 cm³/mol. The number of hydrogen-bond acceptors (Lipinski definition) is 4. The summed E-state index contributed by atoms with van der Waals surface area (Å²) in [5.41, 5.74) is 0.985. The molecule has 0 saturated carbocycles. The Labute approximate surface area is 81.1 Å². The van der Waals surface area contributed by atoms with Crippen LogP contribution in [0.25, 0.3) is 0 Å². The Hall–Kier alpha value is -1.66. The van der Waals surface area contributed by atoms with Gasteiger partial charge >= 0.3 is 0 Å². The molecule has 0 bridgehead atoms. The fourth-order valence-corrected chi connectivity index (χ4v) is 1.22. The maximum atomic E-state index is 5.78. The van der Waals surface area contributed by atoms with Gasteiger partial charge in [-0.2, -0.15) is 0 Å². The Bertz CT molecular complexity index is 315. The van der Waals surface area contributed by atoms with Gasteiger partial charge in [0.05, 0.1) is 25.1 Å². The number of hydrazine groups is 1. The van der Waals surface area contributed by atoms with Gasteiger partial charge < -0.3 is 9.97 Å². The molecule has 0 aromatic carbocycles. The van der Waals surface area contributed by atoms with Crippen LogP contribution in [0.4, 0.5) is 0 Å². The van der Waals surface area contributed by atoms with Gasteiger partial charge in [0.2, 0.25) is 0 Å². The van der Waals surface area contributed by atoms with Crippen molar-refractivity contribution < 1.29 is 0 Å². The van der Waals surface area contributed by atoms with E-state index in [2.05, 4.69) is 19.9 Å². The fraction of sp³-hybridized carbons (Fsp3) is 0.250. The van der Waals surface area contributed by atoms with Crippen molar-refractivity contribution in [2.45, 2.75) is 13.1 Å². The van der Waals surface area contributed by atoms with Gasteiger partial charge in [-0.1, -0.05) is 0 Å². The summed E-state index contributed by atoms with van der Waals surface area (Å²) >= 11 is 0. The second kappa shape index (κ2) is 4.03. The Morgan fingerprint density at radius 2 is 2.29 bits per heavy atom. The molecular formula is C8H12N6. The van der Waals surface area contributed by atoms with Crippen LogP contribution in [0.2, 0.25) is 0 Å². The number of aromatic amines is 2. The average molecular weight is 192 g/mol. The first-order valence-electron chi connectivity index (χ1n) is 4.30. The van der Waals surface area contributed by atoms with Gasteiger partial charge in [0, 0.05) is 18.6 Å². The summed E-state index contributed by atoms with van der Waals surface area (Å²) < 4.78 is 0. The smallest absolute Gasteiger partial charge is 0.121 e. The molecule has 0 spiro atoms. The highest BCUT2D eigenvalue weighted by atomic mass is 15.4. The maximum Gasteiger partial charge on any atom is 0.121 e. The van der Waals surface area contributed by atoms with Crippen LogP contribution in [-0.2, 0) is 13.1 Å². The summed E-state index contributed by atoms with van der Waals surface area (Å²) in [6.45, 7) is 1.22. The topological polar surface area (TPSA) is 86.6 Å². The van der Waals surface area contributed by atoms with Crippen molar-refractivity contribution in [3.8, 4) is 0 Å². The molecular weight excluding hydrogens is 180 g/mol. The van der Waals surface area contributed by atoms with Crippen LogP contribution < -0.4 is 5.84 Å². The summed E-state index contributed by atoms with van der Waals surface area (Å²) in [7, 11) is 0. The highest BCUT2D eigenvalue weighted by molar-refractivity contribution is 4.94. The lowest BCUT2D eigenvalue weighted by Gasteiger charge is -2.12. The number of H-pyrrole nitrogens is 2. The lowest BCUT2D eigenvalue weighted by Crippen LogP contribution is -2.30. The molecule has 2 aromatic rings. The molecule has 0 amide bonds. The number of imidazole rings is 2. The molecule has 74 valence electrons. The molecule has 0 radical (unpaired) electrons. The molecule has 0 fully saturated rings. The Kier molecular flexibility index (Phi) is 2.57. The summed E-state index contributed by atoms with van der Waals surface area (Å²) in [6.07, 6.45) is 6.87. The number of nitrogens with zero attached hydrogens (tertiary/aromatic N) is 3. The lowest BCUT2D eigenvalue weighted by molar-refractivity contribution is 0.257. The zero-order chi connectivity index (χ0) is 9.80. The Balaban J connectivity index is 1.88. The van der Waals surface area contributed by atoms with Gasteiger partial charge in [-0.25, -0.2) is 15.0 Å². The van der Waals surface area contributed by atoms with E-state index in [0.29, 0.717) is 13.1 Å². The second-order valence-electron chi connectivity index (χ2n) is 3.02. The van der Waals surface area contributed by atoms with Crippen molar-refractivity contribution in [2.75, 3.05) is 0 Å². The normalized spacial score (nSPS) is 11.0. The SMILES string of the molecule is NN(Cc1cnc[nH]1)Cc1ncc[nH]1. The number of hydrogen-bond donors (Lipinski definition) is 3. The van der Waals surface area contributed by atoms with Crippen molar-refractivity contribution in [1.82, 2.24) is 24.9 Å². The maximum absolute atomic E-state index is 5.78. The lowest BCUT2D eigenvalue weighted by atomic mass is 10.4. The minimum absolute atomic E-state index is 0.589. The molecule has 14 heavy (non-hydrogen) atoms. The van der Waals surface area contributed by atoms with E-state index in [4.69, 9.17) is 5.84 Å². The third-order valence-corrected chi connectivity index (χ3v) is 1.84. The molecule has 2 heterocycles. The minimum atomic E-state index is 0.589. The van der Waals surface area contributed by atoms with E-state index >= 15 is 0 Å². The van der Waals surface area contributed by atoms with Crippen molar-refractivity contribution in [1.29, 1.82) is 0 Å². The predicted octanol–water partition coefficient (Wildman–Crippen LogP) is 0.00870. The average Bonchev–Trinajstić information content (AvgIpc) is 2.76. The van der Waals surface area contributed by atoms with E-state index in [1.807, 2.05) is 0 Å². The molecule has 6 nitrogen and oxygen atoms in total. The first-order chi connectivity index (χ1) is 6.84. The molecule has 6 heteroatoms. The van der Waals surface area contributed by atoms with Crippen molar-refractivity contribution in [2.24, 2.45) is 5.84 Å². The Morgan fingerprint density at radius 3 is 2.93 bits per heavy atom. The van der Waals surface area contributed by atoms with E-state index < -0.39 is 0 Å². The van der Waals surface area contributed by atoms with Crippen LogP contribution in [0.1, 0.15) is 11.5 Å². The second-order valence-corrected chi connectivity index (χ2v) is 3.02. The largest absolute Gasteiger partial charge is 0.347 e. The first kappa shape index (κ1) is 8.92. The van der Waals surface area contributed by atoms with Crippen LogP contribution >= 0.6 is 0 Å². The number of rotatable bonds is 4. The van der Waals surface area contributed by atoms with E-state index in [1.54, 1.807) is 29.9 Å². The number of aromatic nitrogens is 4. The van der Waals surface area contributed by atoms with Crippen molar-refractivity contribution >= 4 is 0 Å². The van der Waals surface area contributed by atoms with Crippen LogP contribution in [-0.4, -0.2) is 24.9 Å². The molecule has 0 unspecified atom stereocenters. The highest BCUT2D eigenvalue weighted by Gasteiger charge is 2.03. The molecule has 0 aliphatic heterocycles. The van der Waals surface area contributed by atoms with Crippen LogP contribution in [0, 0.1) is 0 Å². The van der Waals surface area contributed by atoms with Crippen LogP contribution in [0.3, 0.4) is 0 Å². The van der Waals surface area contributed by atoms with Gasteiger partial charge in [0.15, 0.2) is 0 Å². The highest BCUT2D eigenvalue weighted by Crippen LogP contribution is 1.99. The fourth-order valence-electron chi connectivity index (χ4n) is 1.22. The van der Waals surface area contributed by atoms with E-state index in [1.165, 1.54) is 0 Å². The zero-order valence-corrected chi connectivity index (χ0v) is 7.64. The third kappa shape index (κ3) is 2.18. The van der Waals surface area contributed by atoms with Gasteiger partial charge in [0.25, 0.3) is 0 Å². The third-order valence-electron chi connectivity index (χ3n) is 1.84. The van der Waals surface area contributed by atoms with Gasteiger partial charge in [-0.3, -0.25) is 5.84 Å². The summed E-state index contributed by atoms with van der Waals surface area (Å²) in [5.74, 6) is 6.64. The number of nitrogens with two attached hydrogens (primary N) is 1. The monoisotopic (exact) mass is 192 g/mol. The van der Waals surface area contributed by atoms with E-state index in [0.717, 1.165) is 11.5 Å². The first-order valence-corrected chi connectivity index (χ1v) is 4.30. The van der Waals surface area contributed by atoms with E-state index in [-0.39, 0.29) is 0 Å². The molecule has 0 aliphatic carbocycles. The zero-order valence-electron chi connectivity index (χ0n) is 7.64. The molecule has 0 aliphatic rings. The minimum Gasteiger partial charge on any atom is -0.347 e. The van der Waals surface area contributed by atoms with Crippen molar-refractivity contribution in [3.63, 3.8) is 0 Å². The summed E-state index contributed by atoms with van der Waals surface area (Å²) in [5, 5.41) is 1.66. The molecule has 4 N–H and O–H groups in total. The van der Waals surface area contributed by atoms with Crippen molar-refractivity contribution in [3.05, 3.63) is 36.4 Å².